The topological polar surface area (TPSA) is 55.5 Å². The molecule has 0 amide bonds. The monoisotopic (exact) mass is 204 g/mol. The number of fused-ring (bicyclic) bond motifs is 1. The lowest BCUT2D eigenvalue weighted by molar-refractivity contribution is -0.427. The van der Waals surface area contributed by atoms with Crippen LogP contribution in [0.15, 0.2) is 40.2 Å². The highest BCUT2D eigenvalue weighted by Crippen LogP contribution is 2.30. The number of aliphatic imine (C=N–C) groups is 1. The molecule has 0 saturated carbocycles. The summed E-state index contributed by atoms with van der Waals surface area (Å²) < 4.78 is 0. The minimum atomic E-state index is -0.332. The van der Waals surface area contributed by atoms with Crippen LogP contribution >= 0.6 is 0 Å². The van der Waals surface area contributed by atoms with E-state index in [2.05, 4.69) is 18.8 Å². The average Bonchev–Trinajstić information content (AvgIpc) is 2.59. The molecule has 0 spiro atoms. The Kier molecular flexibility index (Phi) is 2.26. The molecule has 1 heterocycles. The van der Waals surface area contributed by atoms with Gasteiger partial charge in [-0.15, -0.1) is 0 Å². The standard InChI is InChI=1S/C11H12N2O2/c1-7(2)11-6-8-5-9(13(14)15)3-4-10(8)12-11/h3-4,6-7H,5H2,1-2H3. The maximum Gasteiger partial charge on any atom is 0.250 e. The van der Waals surface area contributed by atoms with Crippen molar-refractivity contribution in [2.24, 2.45) is 10.9 Å². The summed E-state index contributed by atoms with van der Waals surface area (Å²) in [6, 6.07) is 0. The van der Waals surface area contributed by atoms with Gasteiger partial charge in [0.25, 0.3) is 5.70 Å². The predicted octanol–water partition coefficient (Wildman–Crippen LogP) is 2.47. The Hall–Kier alpha value is -1.71. The number of nitro groups is 1. The molecule has 2 rings (SSSR count). The van der Waals surface area contributed by atoms with Gasteiger partial charge in [0.05, 0.1) is 17.0 Å². The van der Waals surface area contributed by atoms with Gasteiger partial charge in [-0.2, -0.15) is 0 Å². The van der Waals surface area contributed by atoms with E-state index in [1.807, 2.05) is 6.08 Å². The molecule has 0 aromatic rings. The van der Waals surface area contributed by atoms with E-state index in [0.29, 0.717) is 12.3 Å². The third-order valence-corrected chi connectivity index (χ3v) is 2.53. The largest absolute Gasteiger partial charge is 0.259 e. The van der Waals surface area contributed by atoms with Crippen molar-refractivity contribution in [3.05, 3.63) is 45.3 Å². The second-order valence-electron chi connectivity index (χ2n) is 4.00. The molecule has 0 atom stereocenters. The molecule has 0 N–H and O–H groups in total. The van der Waals surface area contributed by atoms with Crippen LogP contribution in [0, 0.1) is 16.0 Å². The molecule has 4 nitrogen and oxygen atoms in total. The number of rotatable bonds is 2. The van der Waals surface area contributed by atoms with Crippen LogP contribution in [0.4, 0.5) is 0 Å². The zero-order valence-corrected chi connectivity index (χ0v) is 8.73. The van der Waals surface area contributed by atoms with Crippen LogP contribution in [-0.2, 0) is 0 Å². The van der Waals surface area contributed by atoms with Crippen LogP contribution in [0.5, 0.6) is 0 Å². The quantitative estimate of drug-likeness (QED) is 0.512. The molecule has 4 heteroatoms. The second kappa shape index (κ2) is 3.46. The van der Waals surface area contributed by atoms with Gasteiger partial charge in [0.2, 0.25) is 0 Å². The maximum absolute atomic E-state index is 10.6. The highest BCUT2D eigenvalue weighted by molar-refractivity contribution is 6.01. The zero-order chi connectivity index (χ0) is 11.0. The lowest BCUT2D eigenvalue weighted by Crippen LogP contribution is -2.03. The minimum Gasteiger partial charge on any atom is -0.259 e. The summed E-state index contributed by atoms with van der Waals surface area (Å²) in [4.78, 5) is 14.7. The van der Waals surface area contributed by atoms with E-state index in [9.17, 15) is 10.1 Å². The van der Waals surface area contributed by atoms with Gasteiger partial charge in [0, 0.05) is 11.8 Å². The Morgan fingerprint density at radius 3 is 2.80 bits per heavy atom. The second-order valence-corrected chi connectivity index (χ2v) is 4.00. The van der Waals surface area contributed by atoms with Crippen molar-refractivity contribution in [3.63, 3.8) is 0 Å². The number of hydrogen-bond acceptors (Lipinski definition) is 3. The number of nitrogens with zero attached hydrogens (tertiary/aromatic N) is 2. The minimum absolute atomic E-state index is 0.241. The van der Waals surface area contributed by atoms with E-state index in [-0.39, 0.29) is 10.6 Å². The Morgan fingerprint density at radius 2 is 2.20 bits per heavy atom. The number of allylic oxidation sites excluding steroid dienone is 5. The summed E-state index contributed by atoms with van der Waals surface area (Å²) in [7, 11) is 0. The first-order valence-corrected chi connectivity index (χ1v) is 4.92. The smallest absolute Gasteiger partial charge is 0.250 e. The molecule has 1 aliphatic heterocycles. The number of hydrogen-bond donors (Lipinski definition) is 0. The normalized spacial score (nSPS) is 19.1. The van der Waals surface area contributed by atoms with Gasteiger partial charge in [-0.05, 0) is 23.6 Å². The summed E-state index contributed by atoms with van der Waals surface area (Å²) >= 11 is 0. The molecule has 0 aromatic heterocycles. The first-order valence-electron chi connectivity index (χ1n) is 4.92. The Morgan fingerprint density at radius 1 is 1.47 bits per heavy atom. The SMILES string of the molecule is CC(C)C1=NC2=CC=C([N+](=O)[O-])CC2=C1. The Labute approximate surface area is 87.9 Å². The van der Waals surface area contributed by atoms with Crippen molar-refractivity contribution in [1.29, 1.82) is 0 Å². The molecule has 0 unspecified atom stereocenters. The molecule has 2 aliphatic rings. The first kappa shape index (κ1) is 9.83. The summed E-state index contributed by atoms with van der Waals surface area (Å²) in [6.45, 7) is 4.13. The summed E-state index contributed by atoms with van der Waals surface area (Å²) in [5, 5.41) is 10.6. The van der Waals surface area contributed by atoms with E-state index in [0.717, 1.165) is 17.0 Å². The maximum atomic E-state index is 10.6. The zero-order valence-electron chi connectivity index (χ0n) is 8.73. The van der Waals surface area contributed by atoms with E-state index in [4.69, 9.17) is 0 Å². The summed E-state index contributed by atoms with van der Waals surface area (Å²) in [6.07, 6.45) is 5.62. The van der Waals surface area contributed by atoms with Gasteiger partial charge in [-0.25, -0.2) is 0 Å². The van der Waals surface area contributed by atoms with E-state index in [1.165, 1.54) is 0 Å². The van der Waals surface area contributed by atoms with Gasteiger partial charge >= 0.3 is 0 Å². The van der Waals surface area contributed by atoms with Crippen molar-refractivity contribution in [3.8, 4) is 0 Å². The van der Waals surface area contributed by atoms with Gasteiger partial charge < -0.3 is 0 Å². The van der Waals surface area contributed by atoms with Crippen LogP contribution in [0.1, 0.15) is 20.3 Å². The third kappa shape index (κ3) is 1.75. The highest BCUT2D eigenvalue weighted by atomic mass is 16.6. The molecule has 0 bridgehead atoms. The average molecular weight is 204 g/mol. The molecule has 1 aliphatic carbocycles. The van der Waals surface area contributed by atoms with Gasteiger partial charge in [-0.3, -0.25) is 15.1 Å². The van der Waals surface area contributed by atoms with Crippen molar-refractivity contribution >= 4 is 5.71 Å². The molecule has 78 valence electrons. The van der Waals surface area contributed by atoms with Gasteiger partial charge in [0.1, 0.15) is 0 Å². The fourth-order valence-electron chi connectivity index (χ4n) is 1.63. The lowest BCUT2D eigenvalue weighted by atomic mass is 10.0. The fourth-order valence-corrected chi connectivity index (χ4v) is 1.63. The van der Waals surface area contributed by atoms with Crippen molar-refractivity contribution in [2.45, 2.75) is 20.3 Å². The molecule has 0 saturated heterocycles. The van der Waals surface area contributed by atoms with Crippen LogP contribution in [0.3, 0.4) is 0 Å². The van der Waals surface area contributed by atoms with Crippen LogP contribution in [-0.4, -0.2) is 10.6 Å². The molecular weight excluding hydrogens is 192 g/mol. The van der Waals surface area contributed by atoms with Crippen LogP contribution in [0.25, 0.3) is 0 Å². The molecule has 15 heavy (non-hydrogen) atoms. The Balaban J connectivity index is 2.28. The fraction of sp³-hybridized carbons (Fsp3) is 0.364. The van der Waals surface area contributed by atoms with E-state index < -0.39 is 0 Å². The summed E-state index contributed by atoms with van der Waals surface area (Å²) in [5.41, 5.74) is 3.09. The van der Waals surface area contributed by atoms with E-state index >= 15 is 0 Å². The Bertz CT molecular complexity index is 440. The lowest BCUT2D eigenvalue weighted by Gasteiger charge is -2.05. The van der Waals surface area contributed by atoms with Gasteiger partial charge in [0.15, 0.2) is 0 Å². The molecule has 0 radical (unpaired) electrons. The molecule has 0 aromatic carbocycles. The third-order valence-electron chi connectivity index (χ3n) is 2.53. The van der Waals surface area contributed by atoms with Crippen molar-refractivity contribution in [1.82, 2.24) is 0 Å². The van der Waals surface area contributed by atoms with Crippen molar-refractivity contribution < 1.29 is 4.92 Å². The van der Waals surface area contributed by atoms with Crippen molar-refractivity contribution in [2.75, 3.05) is 0 Å². The highest BCUT2D eigenvalue weighted by Gasteiger charge is 2.24. The van der Waals surface area contributed by atoms with Gasteiger partial charge in [-0.1, -0.05) is 13.8 Å². The molecular formula is C11H12N2O2. The van der Waals surface area contributed by atoms with Crippen LogP contribution < -0.4 is 0 Å². The predicted molar refractivity (Wildman–Crippen MR) is 58.1 cm³/mol. The van der Waals surface area contributed by atoms with E-state index in [1.54, 1.807) is 12.2 Å². The first-order chi connectivity index (χ1) is 7.08. The van der Waals surface area contributed by atoms with Crippen LogP contribution in [0.2, 0.25) is 0 Å². The molecule has 0 fully saturated rings. The summed E-state index contributed by atoms with van der Waals surface area (Å²) in [5.74, 6) is 0.364.